The number of cyclic esters (lactones) is 1. The van der Waals surface area contributed by atoms with Gasteiger partial charge in [-0.1, -0.05) is 0 Å². The number of amides is 1. The molecule has 6 heteroatoms. The Morgan fingerprint density at radius 3 is 3.21 bits per heavy atom. The van der Waals surface area contributed by atoms with E-state index in [9.17, 15) is 4.79 Å². The summed E-state index contributed by atoms with van der Waals surface area (Å²) >= 11 is 0. The third-order valence-corrected chi connectivity index (χ3v) is 3.10. The molecule has 0 saturated carbocycles. The minimum absolute atomic E-state index is 0.0101. The van der Waals surface area contributed by atoms with Gasteiger partial charge in [-0.25, -0.2) is 4.79 Å². The molecular weight excluding hydrogens is 248 g/mol. The topological polar surface area (TPSA) is 71.0 Å². The van der Waals surface area contributed by atoms with Crippen molar-refractivity contribution in [1.82, 2.24) is 0 Å². The number of benzene rings is 1. The molecule has 2 aliphatic heterocycles. The van der Waals surface area contributed by atoms with Crippen LogP contribution in [0.1, 0.15) is 6.42 Å². The summed E-state index contributed by atoms with van der Waals surface area (Å²) < 4.78 is 10.5. The van der Waals surface area contributed by atoms with Crippen LogP contribution in [0, 0.1) is 0 Å². The lowest BCUT2D eigenvalue weighted by atomic mass is 10.2. The van der Waals surface area contributed by atoms with Crippen molar-refractivity contribution in [2.75, 3.05) is 23.4 Å². The predicted molar refractivity (Wildman–Crippen MR) is 69.2 cm³/mol. The quantitative estimate of drug-likeness (QED) is 0.867. The number of anilines is 2. The van der Waals surface area contributed by atoms with E-state index in [2.05, 4.69) is 5.32 Å². The second-order valence-corrected chi connectivity index (χ2v) is 4.37. The first-order valence-electron chi connectivity index (χ1n) is 6.09. The molecular formula is C13H14N2O4. The molecule has 0 aromatic heterocycles. The van der Waals surface area contributed by atoms with E-state index in [4.69, 9.17) is 14.6 Å². The minimum atomic E-state index is -0.384. The number of aliphatic hydroxyl groups is 1. The molecule has 0 bridgehead atoms. The van der Waals surface area contributed by atoms with Crippen LogP contribution in [0.15, 0.2) is 30.7 Å². The number of ether oxygens (including phenoxy) is 2. The Hall–Kier alpha value is -2.21. The average Bonchev–Trinajstić information content (AvgIpc) is 2.79. The van der Waals surface area contributed by atoms with Gasteiger partial charge in [0.1, 0.15) is 18.1 Å². The van der Waals surface area contributed by atoms with Gasteiger partial charge in [0.25, 0.3) is 0 Å². The standard InChI is InChI=1S/C13H14N2O4/c16-5-3-10-8-15(13(17)19-10)9-1-2-12-11(7-9)14-4-6-18-12/h1-2,4,6-7,10,14,16H,3,5,8H2/t10-/m1/s1. The van der Waals surface area contributed by atoms with E-state index in [-0.39, 0.29) is 18.8 Å². The minimum Gasteiger partial charge on any atom is -0.461 e. The number of carbonyl (C=O) groups excluding carboxylic acids is 1. The van der Waals surface area contributed by atoms with Crippen LogP contribution in [0.4, 0.5) is 16.2 Å². The van der Waals surface area contributed by atoms with E-state index in [1.807, 2.05) is 12.1 Å². The molecule has 1 saturated heterocycles. The van der Waals surface area contributed by atoms with Crippen molar-refractivity contribution in [2.45, 2.75) is 12.5 Å². The fourth-order valence-corrected chi connectivity index (χ4v) is 2.16. The first-order chi connectivity index (χ1) is 9.28. The van der Waals surface area contributed by atoms with Crippen molar-refractivity contribution < 1.29 is 19.4 Å². The summed E-state index contributed by atoms with van der Waals surface area (Å²) in [7, 11) is 0. The highest BCUT2D eigenvalue weighted by Gasteiger charge is 2.32. The van der Waals surface area contributed by atoms with Gasteiger partial charge >= 0.3 is 6.09 Å². The molecule has 100 valence electrons. The average molecular weight is 262 g/mol. The van der Waals surface area contributed by atoms with Crippen LogP contribution in [-0.2, 0) is 4.74 Å². The molecule has 1 atom stereocenters. The Kier molecular flexibility index (Phi) is 3.00. The van der Waals surface area contributed by atoms with Crippen LogP contribution in [-0.4, -0.2) is 30.5 Å². The number of carbonyl (C=O) groups is 1. The fraction of sp³-hybridized carbons (Fsp3) is 0.308. The summed E-state index contributed by atoms with van der Waals surface area (Å²) in [6.07, 6.45) is 3.06. The normalized spacial score (nSPS) is 20.6. The van der Waals surface area contributed by atoms with Crippen LogP contribution in [0.25, 0.3) is 0 Å². The number of nitrogens with one attached hydrogen (secondary N) is 1. The Labute approximate surface area is 110 Å². The van der Waals surface area contributed by atoms with E-state index in [1.165, 1.54) is 0 Å². The number of rotatable bonds is 3. The molecule has 0 spiro atoms. The lowest BCUT2D eigenvalue weighted by molar-refractivity contribution is 0.122. The Morgan fingerprint density at radius 1 is 1.47 bits per heavy atom. The summed E-state index contributed by atoms with van der Waals surface area (Å²) in [5, 5.41) is 11.9. The monoisotopic (exact) mass is 262 g/mol. The molecule has 1 aromatic carbocycles. The van der Waals surface area contributed by atoms with Gasteiger partial charge in [-0.05, 0) is 18.2 Å². The van der Waals surface area contributed by atoms with Gasteiger partial charge in [0.15, 0.2) is 0 Å². The van der Waals surface area contributed by atoms with Crippen LogP contribution in [0.3, 0.4) is 0 Å². The van der Waals surface area contributed by atoms with Crippen LogP contribution in [0.2, 0.25) is 0 Å². The number of fused-ring (bicyclic) bond motifs is 1. The van der Waals surface area contributed by atoms with Crippen molar-refractivity contribution in [3.63, 3.8) is 0 Å². The maximum absolute atomic E-state index is 11.8. The Bertz CT molecular complexity index is 529. The number of hydrogen-bond donors (Lipinski definition) is 2. The molecule has 2 aliphatic rings. The van der Waals surface area contributed by atoms with Gasteiger partial charge in [-0.15, -0.1) is 0 Å². The molecule has 1 amide bonds. The highest BCUT2D eigenvalue weighted by molar-refractivity contribution is 5.91. The SMILES string of the molecule is O=C1O[C@H](CCO)CN1c1ccc2c(c1)NC=CO2. The smallest absolute Gasteiger partial charge is 0.414 e. The third-order valence-electron chi connectivity index (χ3n) is 3.10. The fourth-order valence-electron chi connectivity index (χ4n) is 2.16. The van der Waals surface area contributed by atoms with Gasteiger partial charge < -0.3 is 19.9 Å². The maximum atomic E-state index is 11.8. The summed E-state index contributed by atoms with van der Waals surface area (Å²) in [4.78, 5) is 13.3. The van der Waals surface area contributed by atoms with E-state index >= 15 is 0 Å². The third kappa shape index (κ3) is 2.22. The molecule has 1 fully saturated rings. The summed E-state index contributed by atoms with van der Waals surface area (Å²) in [5.74, 6) is 0.714. The molecule has 2 heterocycles. The maximum Gasteiger partial charge on any atom is 0.414 e. The first-order valence-corrected chi connectivity index (χ1v) is 6.09. The highest BCUT2D eigenvalue weighted by atomic mass is 16.6. The van der Waals surface area contributed by atoms with Crippen molar-refractivity contribution in [3.8, 4) is 5.75 Å². The number of nitrogens with zero attached hydrogens (tertiary/aromatic N) is 1. The number of hydrogen-bond acceptors (Lipinski definition) is 5. The Balaban J connectivity index is 1.81. The van der Waals surface area contributed by atoms with Gasteiger partial charge in [-0.3, -0.25) is 4.90 Å². The summed E-state index contributed by atoms with van der Waals surface area (Å²) in [6.45, 7) is 0.463. The molecule has 0 unspecified atom stereocenters. The second-order valence-electron chi connectivity index (χ2n) is 4.37. The van der Waals surface area contributed by atoms with Gasteiger partial charge in [0.05, 0.1) is 12.2 Å². The second kappa shape index (κ2) is 4.81. The van der Waals surface area contributed by atoms with Crippen molar-refractivity contribution in [1.29, 1.82) is 0 Å². The highest BCUT2D eigenvalue weighted by Crippen LogP contribution is 2.33. The zero-order valence-electron chi connectivity index (χ0n) is 10.2. The van der Waals surface area contributed by atoms with E-state index in [0.717, 1.165) is 11.4 Å². The van der Waals surface area contributed by atoms with E-state index in [1.54, 1.807) is 23.4 Å². The van der Waals surface area contributed by atoms with Crippen molar-refractivity contribution >= 4 is 17.5 Å². The van der Waals surface area contributed by atoms with Crippen LogP contribution in [0.5, 0.6) is 5.75 Å². The number of aliphatic hydroxyl groups excluding tert-OH is 1. The van der Waals surface area contributed by atoms with Crippen LogP contribution < -0.4 is 15.0 Å². The lowest BCUT2D eigenvalue weighted by Crippen LogP contribution is -2.24. The summed E-state index contributed by atoms with van der Waals surface area (Å²) in [6, 6.07) is 5.44. The van der Waals surface area contributed by atoms with Gasteiger partial charge in [0.2, 0.25) is 0 Å². The molecule has 19 heavy (non-hydrogen) atoms. The summed E-state index contributed by atoms with van der Waals surface area (Å²) in [5.41, 5.74) is 1.55. The lowest BCUT2D eigenvalue weighted by Gasteiger charge is -2.18. The molecule has 2 N–H and O–H groups in total. The molecule has 6 nitrogen and oxygen atoms in total. The van der Waals surface area contributed by atoms with E-state index in [0.29, 0.717) is 18.7 Å². The van der Waals surface area contributed by atoms with Crippen LogP contribution >= 0.6 is 0 Å². The first kappa shape index (κ1) is 11.9. The van der Waals surface area contributed by atoms with Gasteiger partial charge in [0, 0.05) is 24.9 Å². The van der Waals surface area contributed by atoms with Crippen molar-refractivity contribution in [2.24, 2.45) is 0 Å². The Morgan fingerprint density at radius 2 is 2.37 bits per heavy atom. The van der Waals surface area contributed by atoms with Crippen molar-refractivity contribution in [3.05, 3.63) is 30.7 Å². The molecule has 0 aliphatic carbocycles. The van der Waals surface area contributed by atoms with E-state index < -0.39 is 0 Å². The zero-order valence-corrected chi connectivity index (χ0v) is 10.2. The molecule has 0 radical (unpaired) electrons. The van der Waals surface area contributed by atoms with Gasteiger partial charge in [-0.2, -0.15) is 0 Å². The molecule has 3 rings (SSSR count). The predicted octanol–water partition coefficient (Wildman–Crippen LogP) is 1.67. The molecule has 1 aromatic rings. The zero-order chi connectivity index (χ0) is 13.2. The largest absolute Gasteiger partial charge is 0.461 e.